The SMILES string of the molecule is N=C(N)NCC(=O)OCCOC(=O)CNC(=N)N. The summed E-state index contributed by atoms with van der Waals surface area (Å²) >= 11 is 0. The van der Waals surface area contributed by atoms with E-state index in [2.05, 4.69) is 20.1 Å². The van der Waals surface area contributed by atoms with E-state index in [4.69, 9.17) is 22.3 Å². The van der Waals surface area contributed by atoms with Gasteiger partial charge in [0.1, 0.15) is 26.3 Å². The third-order valence-electron chi connectivity index (χ3n) is 1.46. The van der Waals surface area contributed by atoms with E-state index in [-0.39, 0.29) is 38.2 Å². The number of hydrogen-bond donors (Lipinski definition) is 6. The van der Waals surface area contributed by atoms with Crippen molar-refractivity contribution in [2.75, 3.05) is 26.3 Å². The first kappa shape index (κ1) is 15.5. The molecule has 0 aromatic heterocycles. The Morgan fingerprint density at radius 3 is 1.50 bits per heavy atom. The van der Waals surface area contributed by atoms with E-state index in [1.165, 1.54) is 0 Å². The van der Waals surface area contributed by atoms with E-state index in [9.17, 15) is 9.59 Å². The van der Waals surface area contributed by atoms with Crippen LogP contribution < -0.4 is 22.1 Å². The molecule has 0 spiro atoms. The Bertz CT molecular complexity index is 300. The van der Waals surface area contributed by atoms with Crippen molar-refractivity contribution in [3.8, 4) is 0 Å². The van der Waals surface area contributed by atoms with E-state index in [1.54, 1.807) is 0 Å². The Kier molecular flexibility index (Phi) is 7.41. The van der Waals surface area contributed by atoms with Gasteiger partial charge in [-0.05, 0) is 0 Å². The summed E-state index contributed by atoms with van der Waals surface area (Å²) in [5, 5.41) is 18.1. The van der Waals surface area contributed by atoms with Crippen molar-refractivity contribution >= 4 is 23.9 Å². The van der Waals surface area contributed by atoms with Crippen LogP contribution in [0.2, 0.25) is 0 Å². The molecule has 0 amide bonds. The highest BCUT2D eigenvalue weighted by molar-refractivity contribution is 5.81. The van der Waals surface area contributed by atoms with Gasteiger partial charge in [-0.1, -0.05) is 0 Å². The lowest BCUT2D eigenvalue weighted by Gasteiger charge is -2.07. The van der Waals surface area contributed by atoms with Crippen molar-refractivity contribution in [3.63, 3.8) is 0 Å². The fourth-order valence-electron chi connectivity index (χ4n) is 0.748. The zero-order valence-electron chi connectivity index (χ0n) is 9.62. The van der Waals surface area contributed by atoms with Crippen molar-refractivity contribution in [2.45, 2.75) is 0 Å². The number of carbonyl (C=O) groups is 2. The van der Waals surface area contributed by atoms with Crippen LogP contribution in [-0.2, 0) is 19.1 Å². The molecule has 10 heteroatoms. The third kappa shape index (κ3) is 10.0. The molecule has 0 bridgehead atoms. The number of nitrogens with one attached hydrogen (secondary N) is 4. The van der Waals surface area contributed by atoms with Crippen LogP contribution in [0, 0.1) is 10.8 Å². The second-order valence-electron chi connectivity index (χ2n) is 2.98. The van der Waals surface area contributed by atoms with Crippen LogP contribution in [0.1, 0.15) is 0 Å². The quantitative estimate of drug-likeness (QED) is 0.122. The maximum Gasteiger partial charge on any atom is 0.325 e. The number of carbonyl (C=O) groups excluding carboxylic acids is 2. The molecule has 10 nitrogen and oxygen atoms in total. The van der Waals surface area contributed by atoms with Crippen LogP contribution >= 0.6 is 0 Å². The van der Waals surface area contributed by atoms with Gasteiger partial charge in [0, 0.05) is 0 Å². The molecule has 0 unspecified atom stereocenters. The van der Waals surface area contributed by atoms with E-state index in [0.717, 1.165) is 0 Å². The Balaban J connectivity index is 3.49. The molecule has 0 aliphatic rings. The highest BCUT2D eigenvalue weighted by atomic mass is 16.6. The van der Waals surface area contributed by atoms with Crippen LogP contribution in [0.5, 0.6) is 0 Å². The van der Waals surface area contributed by atoms with Crippen LogP contribution in [0.3, 0.4) is 0 Å². The molecular formula is C8H16N6O4. The lowest BCUT2D eigenvalue weighted by molar-refractivity contribution is -0.150. The van der Waals surface area contributed by atoms with Gasteiger partial charge >= 0.3 is 11.9 Å². The monoisotopic (exact) mass is 260 g/mol. The van der Waals surface area contributed by atoms with Crippen LogP contribution in [0.25, 0.3) is 0 Å². The minimum Gasteiger partial charge on any atom is -0.461 e. The average molecular weight is 260 g/mol. The molecular weight excluding hydrogens is 244 g/mol. The summed E-state index contributed by atoms with van der Waals surface area (Å²) in [6.07, 6.45) is 0. The first-order chi connectivity index (χ1) is 8.41. The zero-order valence-corrected chi connectivity index (χ0v) is 9.62. The molecule has 8 N–H and O–H groups in total. The third-order valence-corrected chi connectivity index (χ3v) is 1.46. The summed E-state index contributed by atoms with van der Waals surface area (Å²) in [6.45, 7) is -0.668. The van der Waals surface area contributed by atoms with Crippen molar-refractivity contribution < 1.29 is 19.1 Å². The summed E-state index contributed by atoms with van der Waals surface area (Å²) in [4.78, 5) is 21.9. The minimum atomic E-state index is -0.622. The van der Waals surface area contributed by atoms with E-state index in [0.29, 0.717) is 0 Å². The maximum atomic E-state index is 11.0. The van der Waals surface area contributed by atoms with E-state index >= 15 is 0 Å². The lowest BCUT2D eigenvalue weighted by Crippen LogP contribution is -2.36. The Morgan fingerprint density at radius 2 is 1.22 bits per heavy atom. The number of hydrogen-bond acceptors (Lipinski definition) is 6. The summed E-state index contributed by atoms with van der Waals surface area (Å²) in [7, 11) is 0. The molecule has 102 valence electrons. The van der Waals surface area contributed by atoms with Gasteiger partial charge in [-0.3, -0.25) is 20.4 Å². The summed E-state index contributed by atoms with van der Waals surface area (Å²) < 4.78 is 9.30. The van der Waals surface area contributed by atoms with Crippen LogP contribution in [0.4, 0.5) is 0 Å². The van der Waals surface area contributed by atoms with E-state index < -0.39 is 11.9 Å². The van der Waals surface area contributed by atoms with Gasteiger partial charge in [0.15, 0.2) is 11.9 Å². The molecule has 0 aliphatic heterocycles. The smallest absolute Gasteiger partial charge is 0.325 e. The largest absolute Gasteiger partial charge is 0.461 e. The molecule has 18 heavy (non-hydrogen) atoms. The molecule has 0 aliphatic carbocycles. The summed E-state index contributed by atoms with van der Waals surface area (Å²) in [5.41, 5.74) is 9.91. The Hall–Kier alpha value is -2.52. The molecule has 0 saturated carbocycles. The number of rotatable bonds is 7. The number of nitrogens with two attached hydrogens (primary N) is 2. The van der Waals surface area contributed by atoms with Crippen LogP contribution in [-0.4, -0.2) is 50.2 Å². The molecule has 0 heterocycles. The number of esters is 2. The van der Waals surface area contributed by atoms with E-state index in [1.807, 2.05) is 0 Å². The zero-order chi connectivity index (χ0) is 14.0. The normalized spacial score (nSPS) is 9.11. The Labute approximate surface area is 103 Å². The van der Waals surface area contributed by atoms with Gasteiger partial charge in [-0.15, -0.1) is 0 Å². The molecule has 0 aromatic rings. The predicted octanol–water partition coefficient (Wildman–Crippen LogP) is -2.96. The van der Waals surface area contributed by atoms with Crippen molar-refractivity contribution in [3.05, 3.63) is 0 Å². The van der Waals surface area contributed by atoms with Gasteiger partial charge < -0.3 is 31.6 Å². The Morgan fingerprint density at radius 1 is 0.889 bits per heavy atom. The van der Waals surface area contributed by atoms with Crippen molar-refractivity contribution in [1.29, 1.82) is 10.8 Å². The standard InChI is InChI=1S/C8H16N6O4/c9-7(10)13-3-5(15)17-1-2-18-6(16)4-14-8(11)12/h1-4H2,(H4,9,10,13)(H4,11,12,14). The molecule has 0 fully saturated rings. The van der Waals surface area contributed by atoms with Gasteiger partial charge in [-0.2, -0.15) is 0 Å². The first-order valence-electron chi connectivity index (χ1n) is 4.89. The highest BCUT2D eigenvalue weighted by Gasteiger charge is 2.05. The van der Waals surface area contributed by atoms with Gasteiger partial charge in [0.05, 0.1) is 0 Å². The predicted molar refractivity (Wildman–Crippen MR) is 61.8 cm³/mol. The molecule has 0 atom stereocenters. The summed E-state index contributed by atoms with van der Waals surface area (Å²) in [6, 6.07) is 0. The van der Waals surface area contributed by atoms with Crippen molar-refractivity contribution in [2.24, 2.45) is 11.5 Å². The van der Waals surface area contributed by atoms with Crippen LogP contribution in [0.15, 0.2) is 0 Å². The van der Waals surface area contributed by atoms with Crippen molar-refractivity contribution in [1.82, 2.24) is 10.6 Å². The van der Waals surface area contributed by atoms with Gasteiger partial charge in [-0.25, -0.2) is 0 Å². The van der Waals surface area contributed by atoms with Gasteiger partial charge in [0.2, 0.25) is 0 Å². The fourth-order valence-corrected chi connectivity index (χ4v) is 0.748. The topological polar surface area (TPSA) is 176 Å². The number of guanidine groups is 2. The first-order valence-corrected chi connectivity index (χ1v) is 4.89. The molecule has 0 radical (unpaired) electrons. The minimum absolute atomic E-state index is 0.107. The second kappa shape index (κ2) is 8.61. The molecule has 0 rings (SSSR count). The average Bonchev–Trinajstić information content (AvgIpc) is 2.29. The maximum absolute atomic E-state index is 11.0. The fraction of sp³-hybridized carbons (Fsp3) is 0.500. The lowest BCUT2D eigenvalue weighted by atomic mass is 10.6. The number of ether oxygens (including phenoxy) is 2. The highest BCUT2D eigenvalue weighted by Crippen LogP contribution is 1.81. The second-order valence-corrected chi connectivity index (χ2v) is 2.98. The summed E-state index contributed by atoms with van der Waals surface area (Å²) in [5.74, 6) is -1.92. The molecule has 0 aromatic carbocycles. The molecule has 0 saturated heterocycles. The van der Waals surface area contributed by atoms with Gasteiger partial charge in [0.25, 0.3) is 0 Å².